The first-order valence-electron chi connectivity index (χ1n) is 8.40. The lowest BCUT2D eigenvalue weighted by Gasteiger charge is -2.26. The Hall–Kier alpha value is -2.02. The molecule has 0 aliphatic carbocycles. The molecule has 1 saturated heterocycles. The van der Waals surface area contributed by atoms with Gasteiger partial charge in [0, 0.05) is 19.6 Å². The molecule has 12 heteroatoms. The molecule has 29 heavy (non-hydrogen) atoms. The van der Waals surface area contributed by atoms with Crippen LogP contribution in [0.3, 0.4) is 0 Å². The zero-order chi connectivity index (χ0) is 21.2. The molecule has 1 fully saturated rings. The minimum atomic E-state index is -4.80. The van der Waals surface area contributed by atoms with Gasteiger partial charge in [0.25, 0.3) is 5.91 Å². The number of hydrogen-bond acceptors (Lipinski definition) is 5. The molecule has 1 aromatic carbocycles. The smallest absolute Gasteiger partial charge is 0.379 e. The number of halogens is 4. The van der Waals surface area contributed by atoms with Gasteiger partial charge < -0.3 is 10.1 Å². The van der Waals surface area contributed by atoms with Crippen molar-refractivity contribution in [3.05, 3.63) is 51.5 Å². The fourth-order valence-electron chi connectivity index (χ4n) is 2.81. The monoisotopic (exact) mass is 452 g/mol. The van der Waals surface area contributed by atoms with E-state index in [1.165, 1.54) is 15.8 Å². The average Bonchev–Trinajstić information content (AvgIpc) is 3.17. The van der Waals surface area contributed by atoms with Crippen molar-refractivity contribution < 1.29 is 35.5 Å². The van der Waals surface area contributed by atoms with Gasteiger partial charge in [-0.2, -0.15) is 17.5 Å². The van der Waals surface area contributed by atoms with Gasteiger partial charge in [-0.25, -0.2) is 12.8 Å². The third-order valence-corrected chi connectivity index (χ3v) is 7.22. The van der Waals surface area contributed by atoms with Gasteiger partial charge in [0.1, 0.15) is 15.6 Å². The molecule has 6 nitrogen and oxygen atoms in total. The first-order valence-corrected chi connectivity index (χ1v) is 10.7. The molecular formula is C17H16F4N2O4S2. The van der Waals surface area contributed by atoms with Crippen molar-refractivity contribution in [3.8, 4) is 0 Å². The van der Waals surface area contributed by atoms with E-state index in [1.54, 1.807) is 0 Å². The molecule has 0 spiro atoms. The molecule has 3 rings (SSSR count). The van der Waals surface area contributed by atoms with Crippen LogP contribution in [0.15, 0.2) is 34.5 Å². The highest BCUT2D eigenvalue weighted by Gasteiger charge is 2.34. The molecule has 1 N–H and O–H groups in total. The van der Waals surface area contributed by atoms with E-state index in [0.29, 0.717) is 6.07 Å². The largest absolute Gasteiger partial charge is 0.416 e. The minimum absolute atomic E-state index is 0.132. The fraction of sp³-hybridized carbons (Fsp3) is 0.353. The standard InChI is InChI=1S/C17H16F4N2O4S2/c18-12-2-1-11(13(9-12)17(19,20)21)10-22-16(24)15-14(3-8-28-15)29(25,26)23-4-6-27-7-5-23/h1-3,8-9H,4-7,10H2,(H,22,24). The van der Waals surface area contributed by atoms with Gasteiger partial charge in [-0.05, 0) is 29.1 Å². The second kappa shape index (κ2) is 8.38. The topological polar surface area (TPSA) is 75.7 Å². The van der Waals surface area contributed by atoms with Crippen molar-refractivity contribution in [3.63, 3.8) is 0 Å². The number of carbonyl (C=O) groups is 1. The molecule has 1 aliphatic rings. The van der Waals surface area contributed by atoms with Crippen LogP contribution in [-0.2, 0) is 27.5 Å². The Bertz CT molecular complexity index is 999. The predicted octanol–water partition coefficient (Wildman–Crippen LogP) is 2.86. The highest BCUT2D eigenvalue weighted by Crippen LogP contribution is 2.33. The molecule has 2 heterocycles. The summed E-state index contributed by atoms with van der Waals surface area (Å²) in [6, 6.07) is 3.42. The summed E-state index contributed by atoms with van der Waals surface area (Å²) >= 11 is 0.865. The van der Waals surface area contributed by atoms with E-state index in [0.717, 1.165) is 23.5 Å². The Morgan fingerprint density at radius 3 is 2.55 bits per heavy atom. The van der Waals surface area contributed by atoms with Gasteiger partial charge in [-0.1, -0.05) is 6.07 Å². The van der Waals surface area contributed by atoms with E-state index in [4.69, 9.17) is 4.74 Å². The summed E-state index contributed by atoms with van der Waals surface area (Å²) in [5.41, 5.74) is -1.54. The number of sulfonamides is 1. The molecule has 1 aliphatic heterocycles. The van der Waals surface area contributed by atoms with Gasteiger partial charge in [0.2, 0.25) is 10.0 Å². The van der Waals surface area contributed by atoms with Crippen LogP contribution in [0, 0.1) is 5.82 Å². The lowest BCUT2D eigenvalue weighted by molar-refractivity contribution is -0.138. The van der Waals surface area contributed by atoms with E-state index in [9.17, 15) is 30.8 Å². The molecule has 0 bridgehead atoms. The number of rotatable bonds is 5. The number of thiophene rings is 1. The van der Waals surface area contributed by atoms with Crippen LogP contribution in [0.5, 0.6) is 0 Å². The second-order valence-electron chi connectivity index (χ2n) is 6.11. The zero-order valence-corrected chi connectivity index (χ0v) is 16.5. The number of amides is 1. The van der Waals surface area contributed by atoms with Gasteiger partial charge in [0.15, 0.2) is 0 Å². The third kappa shape index (κ3) is 4.77. The van der Waals surface area contributed by atoms with Crippen molar-refractivity contribution >= 4 is 27.3 Å². The van der Waals surface area contributed by atoms with Crippen LogP contribution in [0.4, 0.5) is 17.6 Å². The van der Waals surface area contributed by atoms with E-state index in [-0.39, 0.29) is 41.6 Å². The summed E-state index contributed by atoms with van der Waals surface area (Å²) in [7, 11) is -3.94. The quantitative estimate of drug-likeness (QED) is 0.708. The van der Waals surface area contributed by atoms with Crippen molar-refractivity contribution in [1.82, 2.24) is 9.62 Å². The van der Waals surface area contributed by atoms with Crippen molar-refractivity contribution in [2.24, 2.45) is 0 Å². The SMILES string of the molecule is O=C(NCc1ccc(F)cc1C(F)(F)F)c1sccc1S(=O)(=O)N1CCOCC1. The average molecular weight is 452 g/mol. The summed E-state index contributed by atoms with van der Waals surface area (Å²) in [5, 5.41) is 3.71. The lowest BCUT2D eigenvalue weighted by Crippen LogP contribution is -2.41. The van der Waals surface area contributed by atoms with Gasteiger partial charge >= 0.3 is 6.18 Å². The highest BCUT2D eigenvalue weighted by molar-refractivity contribution is 7.89. The Kier molecular flexibility index (Phi) is 6.27. The fourth-order valence-corrected chi connectivity index (χ4v) is 5.54. The number of benzene rings is 1. The summed E-state index contributed by atoms with van der Waals surface area (Å²) < 4.78 is 84.3. The van der Waals surface area contributed by atoms with Crippen LogP contribution in [-0.4, -0.2) is 44.9 Å². The Morgan fingerprint density at radius 1 is 1.21 bits per heavy atom. The number of alkyl halides is 3. The Balaban J connectivity index is 1.80. The maximum absolute atomic E-state index is 13.2. The number of morpholine rings is 1. The van der Waals surface area contributed by atoms with Crippen LogP contribution in [0.25, 0.3) is 0 Å². The first kappa shape index (κ1) is 21.7. The molecule has 158 valence electrons. The van der Waals surface area contributed by atoms with Crippen LogP contribution in [0.2, 0.25) is 0 Å². The maximum Gasteiger partial charge on any atom is 0.416 e. The highest BCUT2D eigenvalue weighted by atomic mass is 32.2. The minimum Gasteiger partial charge on any atom is -0.379 e. The summed E-state index contributed by atoms with van der Waals surface area (Å²) in [5.74, 6) is -1.88. The molecule has 0 atom stereocenters. The van der Waals surface area contributed by atoms with Crippen LogP contribution >= 0.6 is 11.3 Å². The van der Waals surface area contributed by atoms with Crippen LogP contribution in [0.1, 0.15) is 20.8 Å². The summed E-state index contributed by atoms with van der Waals surface area (Å²) in [4.78, 5) is 12.2. The van der Waals surface area contributed by atoms with Gasteiger partial charge in [0.05, 0.1) is 18.8 Å². The molecule has 0 unspecified atom stereocenters. The normalized spacial score (nSPS) is 16.0. The summed E-state index contributed by atoms with van der Waals surface area (Å²) in [6.07, 6.45) is -4.80. The number of ether oxygens (including phenoxy) is 1. The molecular weight excluding hydrogens is 436 g/mol. The Labute approximate surface area is 168 Å². The number of nitrogens with zero attached hydrogens (tertiary/aromatic N) is 1. The van der Waals surface area contributed by atoms with Crippen molar-refractivity contribution in [2.45, 2.75) is 17.6 Å². The van der Waals surface area contributed by atoms with E-state index < -0.39 is 40.0 Å². The Morgan fingerprint density at radius 2 is 1.90 bits per heavy atom. The van der Waals surface area contributed by atoms with E-state index >= 15 is 0 Å². The van der Waals surface area contributed by atoms with E-state index in [1.807, 2.05) is 0 Å². The second-order valence-corrected chi connectivity index (χ2v) is 8.93. The van der Waals surface area contributed by atoms with Crippen LogP contribution < -0.4 is 5.32 Å². The maximum atomic E-state index is 13.2. The van der Waals surface area contributed by atoms with Crippen molar-refractivity contribution in [1.29, 1.82) is 0 Å². The number of nitrogens with one attached hydrogen (secondary N) is 1. The lowest BCUT2D eigenvalue weighted by atomic mass is 10.1. The third-order valence-electron chi connectivity index (χ3n) is 4.24. The molecule has 0 saturated carbocycles. The van der Waals surface area contributed by atoms with Gasteiger partial charge in [-0.3, -0.25) is 4.79 Å². The molecule has 0 radical (unpaired) electrons. The number of hydrogen-bond donors (Lipinski definition) is 1. The zero-order valence-electron chi connectivity index (χ0n) is 14.8. The van der Waals surface area contributed by atoms with E-state index in [2.05, 4.69) is 5.32 Å². The van der Waals surface area contributed by atoms with Crippen molar-refractivity contribution in [2.75, 3.05) is 26.3 Å². The van der Waals surface area contributed by atoms with Gasteiger partial charge in [-0.15, -0.1) is 11.3 Å². The first-order chi connectivity index (χ1) is 13.6. The molecule has 2 aromatic rings. The predicted molar refractivity (Wildman–Crippen MR) is 96.5 cm³/mol. The number of carbonyl (C=O) groups excluding carboxylic acids is 1. The molecule has 1 amide bonds. The summed E-state index contributed by atoms with van der Waals surface area (Å²) in [6.45, 7) is 0.210. The molecule has 1 aromatic heterocycles.